The minimum atomic E-state index is -1.67. The molecule has 4 nitrogen and oxygen atoms in total. The molecule has 1 aromatic rings. The van der Waals surface area contributed by atoms with Gasteiger partial charge in [-0.2, -0.15) is 0 Å². The molecule has 0 aliphatic carbocycles. The van der Waals surface area contributed by atoms with E-state index in [2.05, 4.69) is 25.0 Å². The van der Waals surface area contributed by atoms with Crippen LogP contribution >= 0.6 is 0 Å². The minimum Gasteiger partial charge on any atom is -0.497 e. The summed E-state index contributed by atoms with van der Waals surface area (Å²) in [6, 6.07) is 3.81. The lowest BCUT2D eigenvalue weighted by Gasteiger charge is -2.26. The zero-order valence-electron chi connectivity index (χ0n) is 14.4. The third-order valence-electron chi connectivity index (χ3n) is 3.26. The predicted molar refractivity (Wildman–Crippen MR) is 90.6 cm³/mol. The van der Waals surface area contributed by atoms with Crippen molar-refractivity contribution in [1.82, 2.24) is 0 Å². The van der Waals surface area contributed by atoms with Crippen LogP contribution in [0.2, 0.25) is 19.6 Å². The van der Waals surface area contributed by atoms with Crippen molar-refractivity contribution in [3.05, 3.63) is 12.1 Å². The molecule has 0 aromatic heterocycles. The summed E-state index contributed by atoms with van der Waals surface area (Å²) >= 11 is 0. The van der Waals surface area contributed by atoms with Crippen molar-refractivity contribution in [1.29, 1.82) is 0 Å². The number of methoxy groups -OCH3 is 2. The number of anilines is 1. The maximum Gasteiger partial charge on any atom is 0.229 e. The molecule has 0 aliphatic heterocycles. The Kier molecular flexibility index (Phi) is 5.10. The first kappa shape index (κ1) is 17.6. The summed E-state index contributed by atoms with van der Waals surface area (Å²) in [5.41, 5.74) is 0.319. The molecule has 0 bridgehead atoms. The lowest BCUT2D eigenvalue weighted by Crippen LogP contribution is -2.41. The highest BCUT2D eigenvalue weighted by molar-refractivity contribution is 6.90. The fourth-order valence-corrected chi connectivity index (χ4v) is 3.40. The molecule has 1 aromatic carbocycles. The van der Waals surface area contributed by atoms with E-state index in [1.807, 2.05) is 32.9 Å². The summed E-state index contributed by atoms with van der Waals surface area (Å²) in [4.78, 5) is 12.4. The Bertz CT molecular complexity index is 528. The number of carbonyl (C=O) groups is 1. The van der Waals surface area contributed by atoms with Gasteiger partial charge in [0.2, 0.25) is 5.91 Å². The number of nitrogens with one attached hydrogen (secondary N) is 1. The summed E-state index contributed by atoms with van der Waals surface area (Å²) in [5.74, 6) is 1.37. The topological polar surface area (TPSA) is 47.6 Å². The van der Waals surface area contributed by atoms with E-state index in [4.69, 9.17) is 9.47 Å². The predicted octanol–water partition coefficient (Wildman–Crippen LogP) is 3.23. The molecular weight excluding hydrogens is 282 g/mol. The van der Waals surface area contributed by atoms with Crippen LogP contribution in [-0.2, 0) is 4.79 Å². The molecule has 0 aliphatic rings. The first-order chi connectivity index (χ1) is 9.50. The lowest BCUT2D eigenvalue weighted by molar-refractivity contribution is -0.123. The smallest absolute Gasteiger partial charge is 0.229 e. The SMILES string of the molecule is COc1cc(OC)c(NC(=O)C(C)(C)C)c([Si](C)(C)C)c1. The first-order valence-corrected chi connectivity index (χ1v) is 10.6. The Morgan fingerprint density at radius 2 is 1.67 bits per heavy atom. The van der Waals surface area contributed by atoms with E-state index in [1.54, 1.807) is 14.2 Å². The Morgan fingerprint density at radius 3 is 2.05 bits per heavy atom. The average Bonchev–Trinajstić information content (AvgIpc) is 2.36. The Labute approximate surface area is 128 Å². The van der Waals surface area contributed by atoms with Crippen LogP contribution in [-0.4, -0.2) is 28.2 Å². The fourth-order valence-electron chi connectivity index (χ4n) is 1.89. The van der Waals surface area contributed by atoms with E-state index < -0.39 is 13.5 Å². The molecule has 1 N–H and O–H groups in total. The van der Waals surface area contributed by atoms with Gasteiger partial charge in [0, 0.05) is 11.5 Å². The highest BCUT2D eigenvalue weighted by atomic mass is 28.3. The number of benzene rings is 1. The van der Waals surface area contributed by atoms with Crippen molar-refractivity contribution < 1.29 is 14.3 Å². The molecule has 0 saturated heterocycles. The van der Waals surface area contributed by atoms with Gasteiger partial charge in [0.05, 0.1) is 28.0 Å². The van der Waals surface area contributed by atoms with Gasteiger partial charge in [0.25, 0.3) is 0 Å². The molecule has 1 rings (SSSR count). The average molecular weight is 309 g/mol. The van der Waals surface area contributed by atoms with Crippen molar-refractivity contribution in [2.45, 2.75) is 40.4 Å². The van der Waals surface area contributed by atoms with Crippen molar-refractivity contribution in [2.24, 2.45) is 5.41 Å². The van der Waals surface area contributed by atoms with E-state index in [-0.39, 0.29) is 5.91 Å². The van der Waals surface area contributed by atoms with E-state index in [9.17, 15) is 4.79 Å². The molecule has 0 heterocycles. The second-order valence-electron chi connectivity index (χ2n) is 7.21. The molecule has 21 heavy (non-hydrogen) atoms. The number of carbonyl (C=O) groups excluding carboxylic acids is 1. The molecule has 0 radical (unpaired) electrons. The van der Waals surface area contributed by atoms with Gasteiger partial charge in [-0.15, -0.1) is 0 Å². The number of amides is 1. The normalized spacial score (nSPS) is 12.0. The van der Waals surface area contributed by atoms with Gasteiger partial charge in [-0.1, -0.05) is 40.4 Å². The monoisotopic (exact) mass is 309 g/mol. The molecule has 118 valence electrons. The molecule has 0 spiro atoms. The third kappa shape index (κ3) is 4.23. The van der Waals surface area contributed by atoms with Gasteiger partial charge in [0.1, 0.15) is 11.5 Å². The lowest BCUT2D eigenvalue weighted by atomic mass is 9.95. The van der Waals surface area contributed by atoms with Crippen molar-refractivity contribution >= 4 is 24.9 Å². The second kappa shape index (κ2) is 6.09. The zero-order valence-corrected chi connectivity index (χ0v) is 15.4. The number of hydrogen-bond donors (Lipinski definition) is 1. The quantitative estimate of drug-likeness (QED) is 0.869. The Morgan fingerprint density at radius 1 is 1.10 bits per heavy atom. The summed E-state index contributed by atoms with van der Waals surface area (Å²) in [6.07, 6.45) is 0. The van der Waals surface area contributed by atoms with E-state index in [1.165, 1.54) is 0 Å². The Hall–Kier alpha value is -1.49. The Balaban J connectivity index is 3.43. The van der Waals surface area contributed by atoms with Gasteiger partial charge >= 0.3 is 0 Å². The molecule has 0 fully saturated rings. The minimum absolute atomic E-state index is 0.0227. The van der Waals surface area contributed by atoms with Gasteiger partial charge in [0.15, 0.2) is 0 Å². The third-order valence-corrected chi connectivity index (χ3v) is 5.27. The van der Waals surface area contributed by atoms with Crippen molar-refractivity contribution in [2.75, 3.05) is 19.5 Å². The number of hydrogen-bond acceptors (Lipinski definition) is 3. The van der Waals surface area contributed by atoms with Gasteiger partial charge in [-0.25, -0.2) is 0 Å². The number of rotatable bonds is 4. The van der Waals surface area contributed by atoms with Gasteiger partial charge < -0.3 is 14.8 Å². The molecule has 5 heteroatoms. The number of ether oxygens (including phenoxy) is 2. The van der Waals surface area contributed by atoms with E-state index in [0.717, 1.165) is 16.6 Å². The van der Waals surface area contributed by atoms with Crippen LogP contribution in [0.25, 0.3) is 0 Å². The molecule has 0 unspecified atom stereocenters. The highest BCUT2D eigenvalue weighted by Crippen LogP contribution is 2.31. The second-order valence-corrected chi connectivity index (χ2v) is 12.2. The maximum absolute atomic E-state index is 12.4. The standard InChI is InChI=1S/C16H27NO3Si/c1-16(2,3)15(18)17-14-12(20-5)9-11(19-4)10-13(14)21(6,7)8/h9-10H,1-8H3,(H,17,18). The van der Waals surface area contributed by atoms with Gasteiger partial charge in [-0.3, -0.25) is 4.79 Å². The molecule has 0 atom stereocenters. The summed E-state index contributed by atoms with van der Waals surface area (Å²) in [6.45, 7) is 12.4. The van der Waals surface area contributed by atoms with Crippen LogP contribution in [0.5, 0.6) is 11.5 Å². The van der Waals surface area contributed by atoms with E-state index >= 15 is 0 Å². The van der Waals surface area contributed by atoms with Crippen LogP contribution in [0.15, 0.2) is 12.1 Å². The maximum atomic E-state index is 12.4. The van der Waals surface area contributed by atoms with Crippen molar-refractivity contribution in [3.8, 4) is 11.5 Å². The highest BCUT2D eigenvalue weighted by Gasteiger charge is 2.28. The molecular formula is C16H27NO3Si. The van der Waals surface area contributed by atoms with Crippen LogP contribution in [0, 0.1) is 5.41 Å². The zero-order chi connectivity index (χ0) is 16.4. The van der Waals surface area contributed by atoms with Crippen molar-refractivity contribution in [3.63, 3.8) is 0 Å². The van der Waals surface area contributed by atoms with Crippen LogP contribution < -0.4 is 20.0 Å². The summed E-state index contributed by atoms with van der Waals surface area (Å²) < 4.78 is 10.8. The fraction of sp³-hybridized carbons (Fsp3) is 0.562. The first-order valence-electron chi connectivity index (χ1n) is 7.08. The largest absolute Gasteiger partial charge is 0.497 e. The van der Waals surface area contributed by atoms with Crippen LogP contribution in [0.4, 0.5) is 5.69 Å². The van der Waals surface area contributed by atoms with Gasteiger partial charge in [-0.05, 0) is 11.3 Å². The summed E-state index contributed by atoms with van der Waals surface area (Å²) in [5, 5.41) is 4.16. The molecule has 0 saturated carbocycles. The summed E-state index contributed by atoms with van der Waals surface area (Å²) in [7, 11) is 1.57. The van der Waals surface area contributed by atoms with Crippen LogP contribution in [0.1, 0.15) is 20.8 Å². The van der Waals surface area contributed by atoms with Crippen LogP contribution in [0.3, 0.4) is 0 Å². The molecule has 1 amide bonds. The van der Waals surface area contributed by atoms with E-state index in [0.29, 0.717) is 5.75 Å².